The van der Waals surface area contributed by atoms with Gasteiger partial charge in [0.25, 0.3) is 0 Å². The lowest BCUT2D eigenvalue weighted by Crippen LogP contribution is -2.27. The molecule has 0 bridgehead atoms. The fourth-order valence-electron chi connectivity index (χ4n) is 2.98. The highest BCUT2D eigenvalue weighted by Gasteiger charge is 2.34. The zero-order chi connectivity index (χ0) is 17.3. The predicted molar refractivity (Wildman–Crippen MR) is 92.1 cm³/mol. The van der Waals surface area contributed by atoms with Crippen molar-refractivity contribution in [2.24, 2.45) is 5.92 Å². The first-order valence-electron chi connectivity index (χ1n) is 8.10. The maximum Gasteiger partial charge on any atom is 0.128 e. The van der Waals surface area contributed by atoms with Crippen molar-refractivity contribution < 1.29 is 13.0 Å². The monoisotopic (exact) mass is 349 g/mol. The molecule has 1 fully saturated rings. The molecule has 0 aromatic heterocycles. The quantitative estimate of drug-likeness (QED) is 0.832. The van der Waals surface area contributed by atoms with Crippen LogP contribution in [0.2, 0.25) is 0 Å². The van der Waals surface area contributed by atoms with Crippen molar-refractivity contribution in [3.8, 4) is 0 Å². The molecule has 0 saturated heterocycles. The van der Waals surface area contributed by atoms with Crippen molar-refractivity contribution >= 4 is 10.8 Å². The molecule has 5 heteroatoms. The van der Waals surface area contributed by atoms with E-state index < -0.39 is 16.6 Å². The van der Waals surface area contributed by atoms with Gasteiger partial charge in [-0.1, -0.05) is 12.1 Å². The third kappa shape index (κ3) is 3.90. The van der Waals surface area contributed by atoms with Crippen LogP contribution in [0.1, 0.15) is 43.0 Å². The van der Waals surface area contributed by atoms with Crippen LogP contribution in [0.3, 0.4) is 0 Å². The molecular formula is C19H21F2NOS. The SMILES string of the molecule is CC(NC(c1cc(F)ccc1F)C1CC1)c1ccc(S(C)=O)cc1. The van der Waals surface area contributed by atoms with Gasteiger partial charge in [0.15, 0.2) is 0 Å². The minimum absolute atomic E-state index is 0.0161. The molecule has 24 heavy (non-hydrogen) atoms. The average molecular weight is 349 g/mol. The van der Waals surface area contributed by atoms with Gasteiger partial charge in [-0.15, -0.1) is 0 Å². The first kappa shape index (κ1) is 17.2. The maximum absolute atomic E-state index is 14.2. The van der Waals surface area contributed by atoms with Crippen molar-refractivity contribution in [2.45, 2.75) is 36.7 Å². The molecule has 2 aromatic carbocycles. The first-order valence-corrected chi connectivity index (χ1v) is 9.66. The van der Waals surface area contributed by atoms with Gasteiger partial charge in [0, 0.05) is 39.6 Å². The third-order valence-corrected chi connectivity index (χ3v) is 5.46. The van der Waals surface area contributed by atoms with Gasteiger partial charge >= 0.3 is 0 Å². The molecule has 2 aromatic rings. The Morgan fingerprint density at radius 2 is 1.79 bits per heavy atom. The number of hydrogen-bond donors (Lipinski definition) is 1. The van der Waals surface area contributed by atoms with E-state index in [2.05, 4.69) is 5.32 Å². The van der Waals surface area contributed by atoms with E-state index >= 15 is 0 Å². The van der Waals surface area contributed by atoms with Crippen molar-refractivity contribution in [1.82, 2.24) is 5.32 Å². The van der Waals surface area contributed by atoms with E-state index in [1.165, 1.54) is 12.1 Å². The van der Waals surface area contributed by atoms with Crippen molar-refractivity contribution in [3.05, 3.63) is 65.2 Å². The predicted octanol–water partition coefficient (Wildman–Crippen LogP) is 4.50. The van der Waals surface area contributed by atoms with Crippen LogP contribution in [0.4, 0.5) is 8.78 Å². The Morgan fingerprint density at radius 1 is 1.12 bits per heavy atom. The van der Waals surface area contributed by atoms with Gasteiger partial charge in [0.05, 0.1) is 0 Å². The standard InChI is InChI=1S/C19H21F2NOS/c1-12(13-5-8-16(9-6-13)24(2)23)22-19(14-3-4-14)17-11-15(20)7-10-18(17)21/h5-12,14,19,22H,3-4H2,1-2H3. The first-order chi connectivity index (χ1) is 11.5. The summed E-state index contributed by atoms with van der Waals surface area (Å²) in [4.78, 5) is 0.779. The number of hydrogen-bond acceptors (Lipinski definition) is 2. The largest absolute Gasteiger partial charge is 0.303 e. The van der Waals surface area contributed by atoms with Gasteiger partial charge in [0.1, 0.15) is 11.6 Å². The summed E-state index contributed by atoms with van der Waals surface area (Å²) >= 11 is 0. The summed E-state index contributed by atoms with van der Waals surface area (Å²) in [5, 5.41) is 3.45. The van der Waals surface area contributed by atoms with Gasteiger partial charge in [-0.25, -0.2) is 8.78 Å². The Hall–Kier alpha value is -1.59. The van der Waals surface area contributed by atoms with Crippen LogP contribution in [0.25, 0.3) is 0 Å². The number of halogens is 2. The molecule has 1 saturated carbocycles. The third-order valence-electron chi connectivity index (χ3n) is 4.53. The van der Waals surface area contributed by atoms with Gasteiger partial charge in [-0.2, -0.15) is 0 Å². The van der Waals surface area contributed by atoms with Gasteiger partial charge < -0.3 is 5.32 Å². The highest BCUT2D eigenvalue weighted by atomic mass is 32.2. The number of rotatable bonds is 6. The Labute approximate surface area is 143 Å². The fraction of sp³-hybridized carbons (Fsp3) is 0.368. The van der Waals surface area contributed by atoms with E-state index in [9.17, 15) is 13.0 Å². The lowest BCUT2D eigenvalue weighted by atomic mass is 9.99. The van der Waals surface area contributed by atoms with Crippen LogP contribution in [0, 0.1) is 17.6 Å². The van der Waals surface area contributed by atoms with Crippen molar-refractivity contribution in [2.75, 3.05) is 6.26 Å². The highest BCUT2D eigenvalue weighted by Crippen LogP contribution is 2.43. The lowest BCUT2D eigenvalue weighted by Gasteiger charge is -2.24. The Kier molecular flexibility index (Phi) is 5.11. The maximum atomic E-state index is 14.2. The molecular weight excluding hydrogens is 328 g/mol. The normalized spacial score (nSPS) is 18.2. The van der Waals surface area contributed by atoms with Crippen molar-refractivity contribution in [3.63, 3.8) is 0 Å². The van der Waals surface area contributed by atoms with E-state index in [0.29, 0.717) is 11.5 Å². The Morgan fingerprint density at radius 3 is 2.38 bits per heavy atom. The van der Waals surface area contributed by atoms with Gasteiger partial charge in [-0.05, 0) is 61.6 Å². The van der Waals surface area contributed by atoms with Crippen LogP contribution in [0.15, 0.2) is 47.4 Å². The minimum Gasteiger partial charge on any atom is -0.303 e. The lowest BCUT2D eigenvalue weighted by molar-refractivity contribution is 0.410. The van der Waals surface area contributed by atoms with E-state index in [-0.39, 0.29) is 17.9 Å². The molecule has 3 rings (SSSR count). The zero-order valence-electron chi connectivity index (χ0n) is 13.8. The van der Waals surface area contributed by atoms with Crippen LogP contribution in [0.5, 0.6) is 0 Å². The summed E-state index contributed by atoms with van der Waals surface area (Å²) in [6.07, 6.45) is 3.69. The van der Waals surface area contributed by atoms with Crippen LogP contribution >= 0.6 is 0 Å². The smallest absolute Gasteiger partial charge is 0.128 e. The fourth-order valence-corrected chi connectivity index (χ4v) is 3.50. The second-order valence-electron chi connectivity index (χ2n) is 6.39. The topological polar surface area (TPSA) is 29.1 Å². The van der Waals surface area contributed by atoms with E-state index in [1.54, 1.807) is 6.26 Å². The summed E-state index contributed by atoms with van der Waals surface area (Å²) in [7, 11) is -1.01. The molecule has 3 atom stereocenters. The van der Waals surface area contributed by atoms with Gasteiger partial charge in [0.2, 0.25) is 0 Å². The van der Waals surface area contributed by atoms with E-state index in [4.69, 9.17) is 0 Å². The summed E-state index contributed by atoms with van der Waals surface area (Å²) in [6, 6.07) is 11.0. The molecule has 0 spiro atoms. The number of nitrogens with one attached hydrogen (secondary N) is 1. The molecule has 0 aliphatic heterocycles. The van der Waals surface area contributed by atoms with E-state index in [0.717, 1.165) is 29.4 Å². The van der Waals surface area contributed by atoms with E-state index in [1.807, 2.05) is 31.2 Å². The molecule has 0 amide bonds. The molecule has 1 aliphatic carbocycles. The van der Waals surface area contributed by atoms with Crippen molar-refractivity contribution in [1.29, 1.82) is 0 Å². The average Bonchev–Trinajstić information content (AvgIpc) is 3.40. The minimum atomic E-state index is -1.01. The summed E-state index contributed by atoms with van der Waals surface area (Å²) in [6.45, 7) is 2.00. The summed E-state index contributed by atoms with van der Waals surface area (Å²) < 4.78 is 39.2. The molecule has 0 heterocycles. The Balaban J connectivity index is 1.80. The van der Waals surface area contributed by atoms with Crippen LogP contribution in [-0.2, 0) is 10.8 Å². The number of benzene rings is 2. The van der Waals surface area contributed by atoms with Crippen LogP contribution in [-0.4, -0.2) is 10.5 Å². The second-order valence-corrected chi connectivity index (χ2v) is 7.77. The van der Waals surface area contributed by atoms with Gasteiger partial charge in [-0.3, -0.25) is 4.21 Å². The zero-order valence-corrected chi connectivity index (χ0v) is 14.6. The molecule has 1 N–H and O–H groups in total. The summed E-state index contributed by atoms with van der Waals surface area (Å²) in [5.74, 6) is -0.447. The molecule has 1 aliphatic rings. The Bertz CT molecular complexity index is 744. The second kappa shape index (κ2) is 7.11. The highest BCUT2D eigenvalue weighted by molar-refractivity contribution is 7.84. The summed E-state index contributed by atoms with van der Waals surface area (Å²) in [5.41, 5.74) is 1.43. The molecule has 2 nitrogen and oxygen atoms in total. The van der Waals surface area contributed by atoms with Crippen LogP contribution < -0.4 is 5.32 Å². The molecule has 3 unspecified atom stereocenters. The molecule has 0 radical (unpaired) electrons. The molecule has 128 valence electrons.